The number of nitrogens with zero attached hydrogens (tertiary/aromatic N) is 1. The summed E-state index contributed by atoms with van der Waals surface area (Å²) in [6, 6.07) is 0.309. The quantitative estimate of drug-likeness (QED) is 0.790. The minimum absolute atomic E-state index is 0.195. The third kappa shape index (κ3) is 6.39. The molecule has 0 saturated carbocycles. The second-order valence-corrected chi connectivity index (χ2v) is 6.40. The molecule has 1 amide bonds. The van der Waals surface area contributed by atoms with Gasteiger partial charge in [-0.25, -0.2) is 0 Å². The summed E-state index contributed by atoms with van der Waals surface area (Å²) in [4.78, 5) is 14.2. The molecule has 0 aromatic carbocycles. The first-order valence-corrected chi connectivity index (χ1v) is 7.49. The first kappa shape index (κ1) is 15.5. The average Bonchev–Trinajstić information content (AvgIpc) is 2.29. The topological polar surface area (TPSA) is 32.3 Å². The zero-order valence-corrected chi connectivity index (χ0v) is 12.5. The maximum atomic E-state index is 11.9. The molecule has 3 heteroatoms. The molecule has 1 heterocycles. The zero-order chi connectivity index (χ0) is 13.5. The summed E-state index contributed by atoms with van der Waals surface area (Å²) in [7, 11) is 0. The van der Waals surface area contributed by atoms with Gasteiger partial charge in [0.1, 0.15) is 0 Å². The largest absolute Gasteiger partial charge is 0.353 e. The van der Waals surface area contributed by atoms with Crippen LogP contribution in [0.4, 0.5) is 0 Å². The van der Waals surface area contributed by atoms with Crippen LogP contribution in [0.1, 0.15) is 53.4 Å². The van der Waals surface area contributed by atoms with Crippen LogP contribution in [0.3, 0.4) is 0 Å². The van der Waals surface area contributed by atoms with Crippen LogP contribution < -0.4 is 5.32 Å². The molecule has 1 aliphatic rings. The summed E-state index contributed by atoms with van der Waals surface area (Å²) in [6.07, 6.45) is 4.73. The van der Waals surface area contributed by atoms with E-state index in [1.165, 1.54) is 19.3 Å². The molecule has 0 radical (unpaired) electrons. The molecule has 1 saturated heterocycles. The Bertz CT molecular complexity index is 245. The molecule has 1 aliphatic heterocycles. The molecule has 1 rings (SSSR count). The lowest BCUT2D eigenvalue weighted by Gasteiger charge is -2.30. The summed E-state index contributed by atoms with van der Waals surface area (Å²) in [5.74, 6) is 1.74. The van der Waals surface area contributed by atoms with E-state index in [0.29, 0.717) is 18.5 Å². The molecule has 0 bridgehead atoms. The fourth-order valence-corrected chi connectivity index (χ4v) is 2.40. The Morgan fingerprint density at radius 3 is 2.39 bits per heavy atom. The van der Waals surface area contributed by atoms with Gasteiger partial charge in [0.2, 0.25) is 5.91 Å². The van der Waals surface area contributed by atoms with E-state index in [9.17, 15) is 4.79 Å². The van der Waals surface area contributed by atoms with Crippen molar-refractivity contribution in [3.63, 3.8) is 0 Å². The van der Waals surface area contributed by atoms with Crippen LogP contribution in [0.5, 0.6) is 0 Å². The van der Waals surface area contributed by atoms with Crippen LogP contribution in [-0.4, -0.2) is 36.5 Å². The fourth-order valence-electron chi connectivity index (χ4n) is 2.40. The molecule has 0 aromatic heterocycles. The van der Waals surface area contributed by atoms with Gasteiger partial charge in [0.15, 0.2) is 0 Å². The van der Waals surface area contributed by atoms with Gasteiger partial charge in [-0.1, -0.05) is 20.8 Å². The van der Waals surface area contributed by atoms with Crippen LogP contribution >= 0.6 is 0 Å². The number of piperidine rings is 1. The highest BCUT2D eigenvalue weighted by Crippen LogP contribution is 2.15. The van der Waals surface area contributed by atoms with Gasteiger partial charge >= 0.3 is 0 Å². The summed E-state index contributed by atoms with van der Waals surface area (Å²) >= 11 is 0. The molecular weight excluding hydrogens is 224 g/mol. The highest BCUT2D eigenvalue weighted by atomic mass is 16.2. The standard InChI is InChI=1S/C15H30N2O/c1-12(2)5-6-14(4)16-15(18)11-17-9-7-13(3)8-10-17/h12-14H,5-11H2,1-4H3,(H,16,18)/t14-/m1/s1. The number of rotatable bonds is 6. The van der Waals surface area contributed by atoms with Crippen molar-refractivity contribution in [2.24, 2.45) is 11.8 Å². The minimum atomic E-state index is 0.195. The predicted molar refractivity (Wildman–Crippen MR) is 76.5 cm³/mol. The number of carbonyl (C=O) groups excluding carboxylic acids is 1. The van der Waals surface area contributed by atoms with Gasteiger partial charge in [0, 0.05) is 6.04 Å². The number of hydrogen-bond donors (Lipinski definition) is 1. The number of nitrogens with one attached hydrogen (secondary N) is 1. The van der Waals surface area contributed by atoms with Crippen LogP contribution in [-0.2, 0) is 4.79 Å². The molecule has 0 spiro atoms. The summed E-state index contributed by atoms with van der Waals surface area (Å²) in [5.41, 5.74) is 0. The molecule has 0 unspecified atom stereocenters. The van der Waals surface area contributed by atoms with Crippen molar-refractivity contribution >= 4 is 5.91 Å². The highest BCUT2D eigenvalue weighted by molar-refractivity contribution is 5.78. The van der Waals surface area contributed by atoms with Crippen LogP contribution in [0.25, 0.3) is 0 Å². The maximum absolute atomic E-state index is 11.9. The van der Waals surface area contributed by atoms with Gasteiger partial charge in [-0.15, -0.1) is 0 Å². The van der Waals surface area contributed by atoms with Crippen LogP contribution in [0, 0.1) is 11.8 Å². The third-order valence-electron chi connectivity index (χ3n) is 3.83. The van der Waals surface area contributed by atoms with Crippen molar-refractivity contribution in [2.45, 2.75) is 59.4 Å². The molecule has 0 aromatic rings. The number of likely N-dealkylation sites (tertiary alicyclic amines) is 1. The zero-order valence-electron chi connectivity index (χ0n) is 12.5. The Hall–Kier alpha value is -0.570. The van der Waals surface area contributed by atoms with Crippen molar-refractivity contribution in [1.82, 2.24) is 10.2 Å². The van der Waals surface area contributed by atoms with Gasteiger partial charge < -0.3 is 5.32 Å². The van der Waals surface area contributed by atoms with Gasteiger partial charge in [-0.05, 0) is 57.5 Å². The van der Waals surface area contributed by atoms with Crippen molar-refractivity contribution in [1.29, 1.82) is 0 Å². The average molecular weight is 254 g/mol. The highest BCUT2D eigenvalue weighted by Gasteiger charge is 2.18. The van der Waals surface area contributed by atoms with Crippen molar-refractivity contribution in [2.75, 3.05) is 19.6 Å². The molecule has 18 heavy (non-hydrogen) atoms. The smallest absolute Gasteiger partial charge is 0.234 e. The Kier molecular flexibility index (Phi) is 6.69. The predicted octanol–water partition coefficient (Wildman–Crippen LogP) is 2.66. The number of hydrogen-bond acceptors (Lipinski definition) is 2. The summed E-state index contributed by atoms with van der Waals surface area (Å²) in [5, 5.41) is 3.11. The lowest BCUT2D eigenvalue weighted by Crippen LogP contribution is -2.43. The van der Waals surface area contributed by atoms with Crippen LogP contribution in [0.2, 0.25) is 0 Å². The molecule has 1 atom stereocenters. The van der Waals surface area contributed by atoms with Gasteiger partial charge in [0.05, 0.1) is 6.54 Å². The summed E-state index contributed by atoms with van der Waals surface area (Å²) < 4.78 is 0. The Morgan fingerprint density at radius 1 is 1.22 bits per heavy atom. The van der Waals surface area contributed by atoms with E-state index in [4.69, 9.17) is 0 Å². The molecule has 106 valence electrons. The van der Waals surface area contributed by atoms with E-state index in [1.54, 1.807) is 0 Å². The lowest BCUT2D eigenvalue weighted by atomic mass is 9.99. The van der Waals surface area contributed by atoms with Gasteiger partial charge in [0.25, 0.3) is 0 Å². The van der Waals surface area contributed by atoms with Crippen molar-refractivity contribution in [3.8, 4) is 0 Å². The van der Waals surface area contributed by atoms with E-state index in [0.717, 1.165) is 25.4 Å². The first-order valence-electron chi connectivity index (χ1n) is 7.49. The monoisotopic (exact) mass is 254 g/mol. The van der Waals surface area contributed by atoms with Gasteiger partial charge in [-0.2, -0.15) is 0 Å². The Labute approximate surface area is 112 Å². The third-order valence-corrected chi connectivity index (χ3v) is 3.83. The number of amides is 1. The second kappa shape index (κ2) is 7.78. The minimum Gasteiger partial charge on any atom is -0.353 e. The van der Waals surface area contributed by atoms with E-state index >= 15 is 0 Å². The van der Waals surface area contributed by atoms with E-state index in [-0.39, 0.29) is 5.91 Å². The Morgan fingerprint density at radius 2 is 1.83 bits per heavy atom. The second-order valence-electron chi connectivity index (χ2n) is 6.40. The number of carbonyl (C=O) groups is 1. The SMILES string of the molecule is CC(C)CC[C@@H](C)NC(=O)CN1CCC(C)CC1. The molecule has 3 nitrogen and oxygen atoms in total. The molecule has 0 aliphatic carbocycles. The van der Waals surface area contributed by atoms with Crippen LogP contribution in [0.15, 0.2) is 0 Å². The molecule has 1 N–H and O–H groups in total. The first-order chi connectivity index (χ1) is 8.47. The van der Waals surface area contributed by atoms with E-state index < -0.39 is 0 Å². The Balaban J connectivity index is 2.16. The molecular formula is C15H30N2O. The summed E-state index contributed by atoms with van der Waals surface area (Å²) in [6.45, 7) is 11.6. The van der Waals surface area contributed by atoms with E-state index in [2.05, 4.69) is 37.9 Å². The fraction of sp³-hybridized carbons (Fsp3) is 0.933. The van der Waals surface area contributed by atoms with Crippen molar-refractivity contribution in [3.05, 3.63) is 0 Å². The normalized spacial score (nSPS) is 20.1. The molecule has 1 fully saturated rings. The van der Waals surface area contributed by atoms with Crippen molar-refractivity contribution < 1.29 is 4.79 Å². The van der Waals surface area contributed by atoms with Gasteiger partial charge in [-0.3, -0.25) is 9.69 Å². The lowest BCUT2D eigenvalue weighted by molar-refractivity contribution is -0.123. The van der Waals surface area contributed by atoms with E-state index in [1.807, 2.05) is 0 Å². The maximum Gasteiger partial charge on any atom is 0.234 e.